The van der Waals surface area contributed by atoms with E-state index in [1.54, 1.807) is 0 Å². The summed E-state index contributed by atoms with van der Waals surface area (Å²) in [5, 5.41) is 0.174. The Morgan fingerprint density at radius 2 is 1.67 bits per heavy atom. The van der Waals surface area contributed by atoms with E-state index in [9.17, 15) is 4.80 Å². The highest BCUT2D eigenvalue weighted by atomic mass is 28.4. The second kappa shape index (κ2) is 2.43. The molecule has 0 aliphatic heterocycles. The first kappa shape index (κ1) is 9.18. The van der Waals surface area contributed by atoms with Gasteiger partial charge in [-0.3, -0.25) is 0 Å². The minimum absolute atomic E-state index is 0.174. The zero-order chi connectivity index (χ0) is 7.71. The van der Waals surface area contributed by atoms with Gasteiger partial charge >= 0.3 is 0 Å². The molecular formula is C7H18OSi. The lowest BCUT2D eigenvalue weighted by Crippen LogP contribution is -2.38. The predicted molar refractivity (Wildman–Crippen MR) is 44.0 cm³/mol. The molecule has 0 rings (SSSR count). The van der Waals surface area contributed by atoms with Crippen LogP contribution in [0.1, 0.15) is 27.2 Å². The van der Waals surface area contributed by atoms with Gasteiger partial charge in [-0.05, 0) is 18.1 Å². The third-order valence-electron chi connectivity index (χ3n) is 2.54. The van der Waals surface area contributed by atoms with Gasteiger partial charge in [-0.25, -0.2) is 0 Å². The van der Waals surface area contributed by atoms with Gasteiger partial charge in [0, 0.05) is 0 Å². The van der Waals surface area contributed by atoms with Crippen molar-refractivity contribution in [3.05, 3.63) is 0 Å². The first-order valence-electron chi connectivity index (χ1n) is 3.53. The maximum atomic E-state index is 9.68. The van der Waals surface area contributed by atoms with Gasteiger partial charge < -0.3 is 4.80 Å². The van der Waals surface area contributed by atoms with E-state index in [0.717, 1.165) is 6.42 Å². The topological polar surface area (TPSA) is 20.2 Å². The maximum absolute atomic E-state index is 9.68. The van der Waals surface area contributed by atoms with Crippen LogP contribution in [0, 0.1) is 0 Å². The van der Waals surface area contributed by atoms with Crippen LogP contribution in [0.25, 0.3) is 0 Å². The lowest BCUT2D eigenvalue weighted by atomic mass is 10.1. The largest absolute Gasteiger partial charge is 0.432 e. The van der Waals surface area contributed by atoms with E-state index in [1.165, 1.54) is 0 Å². The zero-order valence-corrected chi connectivity index (χ0v) is 8.15. The summed E-state index contributed by atoms with van der Waals surface area (Å²) in [6.07, 6.45) is 1.07. The third-order valence-corrected chi connectivity index (χ3v) is 6.21. The van der Waals surface area contributed by atoms with Gasteiger partial charge in [-0.1, -0.05) is 27.2 Å². The molecule has 0 saturated carbocycles. The molecule has 56 valence electrons. The first-order chi connectivity index (χ1) is 3.81. The Morgan fingerprint density at radius 3 is 1.67 bits per heavy atom. The van der Waals surface area contributed by atoms with Crippen LogP contribution < -0.4 is 0 Å². The molecule has 0 fully saturated rings. The van der Waals surface area contributed by atoms with Crippen LogP contribution in [0.2, 0.25) is 18.1 Å². The minimum atomic E-state index is -1.88. The van der Waals surface area contributed by atoms with E-state index < -0.39 is 8.32 Å². The van der Waals surface area contributed by atoms with Gasteiger partial charge in [0.25, 0.3) is 0 Å². The Hall–Kier alpha value is 0.177. The standard InChI is InChI=1S/C7H18OSi/c1-6-7(2,3)9(4,5)8/h8H,6H2,1-5H3. The molecule has 0 atom stereocenters. The Bertz CT molecular complexity index is 91.6. The molecule has 0 aromatic rings. The fourth-order valence-corrected chi connectivity index (χ4v) is 1.30. The quantitative estimate of drug-likeness (QED) is 0.593. The fraction of sp³-hybridized carbons (Fsp3) is 1.00. The lowest BCUT2D eigenvalue weighted by molar-refractivity contribution is 0.462. The van der Waals surface area contributed by atoms with Crippen molar-refractivity contribution < 1.29 is 4.80 Å². The van der Waals surface area contributed by atoms with Crippen LogP contribution in [0.5, 0.6) is 0 Å². The summed E-state index contributed by atoms with van der Waals surface area (Å²) in [4.78, 5) is 9.68. The average molecular weight is 146 g/mol. The maximum Gasteiger partial charge on any atom is 0.188 e. The van der Waals surface area contributed by atoms with Crippen LogP contribution >= 0.6 is 0 Å². The molecule has 1 nitrogen and oxygen atoms in total. The van der Waals surface area contributed by atoms with Gasteiger partial charge in [-0.15, -0.1) is 0 Å². The number of hydrogen-bond donors (Lipinski definition) is 1. The monoisotopic (exact) mass is 146 g/mol. The third kappa shape index (κ3) is 2.10. The van der Waals surface area contributed by atoms with Crippen LogP contribution in [-0.2, 0) is 0 Å². The molecule has 0 aromatic carbocycles. The molecule has 1 N–H and O–H groups in total. The summed E-state index contributed by atoms with van der Waals surface area (Å²) in [6.45, 7) is 10.4. The van der Waals surface area contributed by atoms with Crippen molar-refractivity contribution in [1.82, 2.24) is 0 Å². The highest BCUT2D eigenvalue weighted by molar-refractivity contribution is 6.72. The molecule has 9 heavy (non-hydrogen) atoms. The summed E-state index contributed by atoms with van der Waals surface area (Å²) in [5.74, 6) is 0. The predicted octanol–water partition coefficient (Wildman–Crippen LogP) is 2.37. The summed E-state index contributed by atoms with van der Waals surface area (Å²) >= 11 is 0. The Labute approximate surface area is 59.2 Å². The van der Waals surface area contributed by atoms with Crippen molar-refractivity contribution in [2.24, 2.45) is 0 Å². The lowest BCUT2D eigenvalue weighted by Gasteiger charge is -2.33. The zero-order valence-electron chi connectivity index (χ0n) is 7.15. The molecule has 2 heteroatoms. The van der Waals surface area contributed by atoms with Gasteiger partial charge in [0.15, 0.2) is 8.32 Å². The summed E-state index contributed by atoms with van der Waals surface area (Å²) < 4.78 is 0. The normalized spacial score (nSPS) is 14.0. The van der Waals surface area contributed by atoms with E-state index in [-0.39, 0.29) is 5.04 Å². The van der Waals surface area contributed by atoms with Crippen LogP contribution in [0.15, 0.2) is 0 Å². The highest BCUT2D eigenvalue weighted by Crippen LogP contribution is 2.37. The second-order valence-corrected chi connectivity index (χ2v) is 8.27. The summed E-state index contributed by atoms with van der Waals surface area (Å²) in [6, 6.07) is 0. The van der Waals surface area contributed by atoms with Crippen molar-refractivity contribution in [3.8, 4) is 0 Å². The molecule has 0 spiro atoms. The average Bonchev–Trinajstić information content (AvgIpc) is 1.64. The van der Waals surface area contributed by atoms with E-state index in [2.05, 4.69) is 20.8 Å². The highest BCUT2D eigenvalue weighted by Gasteiger charge is 2.35. The molecule has 0 radical (unpaired) electrons. The molecular weight excluding hydrogens is 128 g/mol. The van der Waals surface area contributed by atoms with Crippen molar-refractivity contribution in [1.29, 1.82) is 0 Å². The molecule has 0 unspecified atom stereocenters. The molecule has 0 aliphatic rings. The fourth-order valence-electron chi connectivity index (χ4n) is 0.433. The van der Waals surface area contributed by atoms with Crippen molar-refractivity contribution in [3.63, 3.8) is 0 Å². The number of rotatable bonds is 2. The molecule has 0 aliphatic carbocycles. The van der Waals surface area contributed by atoms with Gasteiger partial charge in [0.05, 0.1) is 0 Å². The van der Waals surface area contributed by atoms with Gasteiger partial charge in [-0.2, -0.15) is 0 Å². The molecule has 0 saturated heterocycles. The van der Waals surface area contributed by atoms with Crippen LogP contribution in [0.3, 0.4) is 0 Å². The Kier molecular flexibility index (Phi) is 2.47. The van der Waals surface area contributed by atoms with Gasteiger partial charge in [0.1, 0.15) is 0 Å². The minimum Gasteiger partial charge on any atom is -0.432 e. The van der Waals surface area contributed by atoms with Crippen molar-refractivity contribution >= 4 is 8.32 Å². The summed E-state index contributed by atoms with van der Waals surface area (Å²) in [7, 11) is -1.88. The van der Waals surface area contributed by atoms with E-state index >= 15 is 0 Å². The van der Waals surface area contributed by atoms with Crippen LogP contribution in [0.4, 0.5) is 0 Å². The first-order valence-corrected chi connectivity index (χ1v) is 6.48. The van der Waals surface area contributed by atoms with E-state index in [4.69, 9.17) is 0 Å². The van der Waals surface area contributed by atoms with Crippen molar-refractivity contribution in [2.45, 2.75) is 45.3 Å². The molecule has 0 amide bonds. The van der Waals surface area contributed by atoms with E-state index in [1.807, 2.05) is 13.1 Å². The Balaban J connectivity index is 4.14. The number of hydrogen-bond acceptors (Lipinski definition) is 1. The van der Waals surface area contributed by atoms with Crippen molar-refractivity contribution in [2.75, 3.05) is 0 Å². The molecule has 0 heterocycles. The van der Waals surface area contributed by atoms with Crippen LogP contribution in [-0.4, -0.2) is 13.1 Å². The Morgan fingerprint density at radius 1 is 1.33 bits per heavy atom. The molecule has 0 bridgehead atoms. The SMILES string of the molecule is CCC(C)(C)[Si](C)(C)O. The molecule has 0 aromatic heterocycles. The second-order valence-electron chi connectivity index (χ2n) is 3.80. The van der Waals surface area contributed by atoms with E-state index in [0.29, 0.717) is 0 Å². The van der Waals surface area contributed by atoms with Gasteiger partial charge in [0.2, 0.25) is 0 Å². The summed E-state index contributed by atoms with van der Waals surface area (Å²) in [5.41, 5.74) is 0. The smallest absolute Gasteiger partial charge is 0.188 e.